The minimum atomic E-state index is -0.190. The van der Waals surface area contributed by atoms with Crippen molar-refractivity contribution in [2.24, 2.45) is 0 Å². The molecular weight excluding hydrogens is 416 g/mol. The van der Waals surface area contributed by atoms with Crippen LogP contribution in [0.3, 0.4) is 0 Å². The zero-order valence-corrected chi connectivity index (χ0v) is 17.3. The molecule has 0 spiro atoms. The fraction of sp³-hybridized carbons (Fsp3) is 0.100. The average Bonchev–Trinajstić information content (AvgIpc) is 3.42. The molecule has 0 saturated carbocycles. The largest absolute Gasteiger partial charge is 0.344 e. The van der Waals surface area contributed by atoms with Crippen LogP contribution >= 0.6 is 45.6 Å². The second kappa shape index (κ2) is 8.35. The van der Waals surface area contributed by atoms with E-state index in [1.807, 2.05) is 58.6 Å². The van der Waals surface area contributed by atoms with Crippen LogP contribution < -0.4 is 5.32 Å². The van der Waals surface area contributed by atoms with E-state index in [1.165, 1.54) is 0 Å². The summed E-state index contributed by atoms with van der Waals surface area (Å²) in [6, 6.07) is 13.5. The van der Waals surface area contributed by atoms with Gasteiger partial charge in [0.25, 0.3) is 0 Å². The number of hydrogen-bond acceptors (Lipinski definition) is 5. The van der Waals surface area contributed by atoms with Gasteiger partial charge in [0.05, 0.1) is 18.2 Å². The van der Waals surface area contributed by atoms with Gasteiger partial charge >= 0.3 is 0 Å². The maximum Gasteiger partial charge on any atom is 0.226 e. The zero-order chi connectivity index (χ0) is 18.6. The Morgan fingerprint density at radius 3 is 2.63 bits per heavy atom. The molecule has 4 rings (SSSR count). The number of thiophene rings is 2. The van der Waals surface area contributed by atoms with Gasteiger partial charge in [0, 0.05) is 26.2 Å². The highest BCUT2D eigenvalue weighted by atomic mass is 35.5. The van der Waals surface area contributed by atoms with E-state index >= 15 is 0 Å². The van der Waals surface area contributed by atoms with Gasteiger partial charge in [0.2, 0.25) is 5.91 Å². The monoisotopic (exact) mass is 430 g/mol. The first-order chi connectivity index (χ1) is 13.2. The number of amides is 1. The number of carbonyl (C=O) groups is 1. The third-order valence-corrected chi connectivity index (χ3v) is 6.81. The standard InChI is InChI=1S/C20H15ClN2OS3/c21-15-5-3-13(4-6-15)19(17-2-1-8-26-17)23-18(24)10-16-12-27-20(22-16)14-7-9-25-11-14/h1-9,11-12,19H,10H2,(H,23,24). The highest BCUT2D eigenvalue weighted by molar-refractivity contribution is 7.14. The van der Waals surface area contributed by atoms with Crippen LogP contribution in [0.1, 0.15) is 22.2 Å². The third-order valence-electron chi connectivity index (χ3n) is 4.00. The molecule has 1 aromatic carbocycles. The molecule has 0 aliphatic carbocycles. The molecule has 3 heterocycles. The Kier molecular flexibility index (Phi) is 5.69. The van der Waals surface area contributed by atoms with Crippen molar-refractivity contribution in [3.8, 4) is 10.6 Å². The van der Waals surface area contributed by atoms with E-state index < -0.39 is 0 Å². The average molecular weight is 431 g/mol. The molecule has 27 heavy (non-hydrogen) atoms. The van der Waals surface area contributed by atoms with E-state index in [0.29, 0.717) is 5.02 Å². The first kappa shape index (κ1) is 18.4. The summed E-state index contributed by atoms with van der Waals surface area (Å²) in [5, 5.41) is 12.8. The quantitative estimate of drug-likeness (QED) is 0.405. The van der Waals surface area contributed by atoms with Crippen LogP contribution in [0.25, 0.3) is 10.6 Å². The number of benzene rings is 1. The number of nitrogens with zero attached hydrogens (tertiary/aromatic N) is 1. The van der Waals surface area contributed by atoms with Gasteiger partial charge in [-0.25, -0.2) is 4.98 Å². The maximum absolute atomic E-state index is 12.7. The fourth-order valence-electron chi connectivity index (χ4n) is 2.71. The molecule has 1 N–H and O–H groups in total. The number of halogens is 1. The van der Waals surface area contributed by atoms with Crippen LogP contribution in [0.5, 0.6) is 0 Å². The molecular formula is C20H15ClN2OS3. The Morgan fingerprint density at radius 1 is 1.07 bits per heavy atom. The van der Waals surface area contributed by atoms with E-state index in [9.17, 15) is 4.79 Å². The van der Waals surface area contributed by atoms with Gasteiger partial charge in [-0.1, -0.05) is 29.8 Å². The van der Waals surface area contributed by atoms with E-state index in [0.717, 1.165) is 26.7 Å². The predicted octanol–water partition coefficient (Wildman–Crippen LogP) is 6.03. The Balaban J connectivity index is 1.49. The summed E-state index contributed by atoms with van der Waals surface area (Å²) < 4.78 is 0. The van der Waals surface area contributed by atoms with Gasteiger partial charge in [0.1, 0.15) is 5.01 Å². The second-order valence-electron chi connectivity index (χ2n) is 5.90. The van der Waals surface area contributed by atoms with Crippen LogP contribution in [0, 0.1) is 0 Å². The predicted molar refractivity (Wildman–Crippen MR) is 115 cm³/mol. The lowest BCUT2D eigenvalue weighted by molar-refractivity contribution is -0.120. The van der Waals surface area contributed by atoms with Crippen molar-refractivity contribution in [1.82, 2.24) is 10.3 Å². The topological polar surface area (TPSA) is 42.0 Å². The summed E-state index contributed by atoms with van der Waals surface area (Å²) in [6.07, 6.45) is 0.260. The van der Waals surface area contributed by atoms with Crippen LogP contribution in [-0.2, 0) is 11.2 Å². The molecule has 1 amide bonds. The van der Waals surface area contributed by atoms with Crippen LogP contribution in [0.15, 0.2) is 64.0 Å². The van der Waals surface area contributed by atoms with E-state index in [2.05, 4.69) is 15.7 Å². The zero-order valence-electron chi connectivity index (χ0n) is 14.1. The van der Waals surface area contributed by atoms with Gasteiger partial charge in [-0.2, -0.15) is 11.3 Å². The maximum atomic E-state index is 12.7. The molecule has 0 fully saturated rings. The highest BCUT2D eigenvalue weighted by Gasteiger charge is 2.19. The van der Waals surface area contributed by atoms with Crippen molar-refractivity contribution in [2.75, 3.05) is 0 Å². The Bertz CT molecular complexity index is 1010. The Labute approximate surface area is 174 Å². The molecule has 1 unspecified atom stereocenters. The number of aromatic nitrogens is 1. The molecule has 7 heteroatoms. The van der Waals surface area contributed by atoms with Crippen molar-refractivity contribution < 1.29 is 4.79 Å². The normalized spacial score (nSPS) is 12.0. The first-order valence-corrected chi connectivity index (χ1v) is 11.3. The molecule has 0 aliphatic heterocycles. The summed E-state index contributed by atoms with van der Waals surface area (Å²) in [5.41, 5.74) is 2.90. The van der Waals surface area contributed by atoms with Crippen molar-refractivity contribution in [1.29, 1.82) is 0 Å². The van der Waals surface area contributed by atoms with Gasteiger partial charge in [-0.05, 0) is 40.6 Å². The Morgan fingerprint density at radius 2 is 1.93 bits per heavy atom. The molecule has 4 aromatic rings. The minimum Gasteiger partial charge on any atom is -0.344 e. The van der Waals surface area contributed by atoms with Gasteiger partial charge in [-0.3, -0.25) is 4.79 Å². The first-order valence-electron chi connectivity index (χ1n) is 8.24. The Hall–Kier alpha value is -1.99. The SMILES string of the molecule is O=C(Cc1csc(-c2ccsc2)n1)NC(c1ccc(Cl)cc1)c1cccs1. The summed E-state index contributed by atoms with van der Waals surface area (Å²) in [6.45, 7) is 0. The van der Waals surface area contributed by atoms with Crippen molar-refractivity contribution >= 4 is 51.5 Å². The molecule has 1 atom stereocenters. The molecule has 0 radical (unpaired) electrons. The van der Waals surface area contributed by atoms with Crippen LogP contribution in [0.2, 0.25) is 5.02 Å². The lowest BCUT2D eigenvalue weighted by atomic mass is 10.1. The summed E-state index contributed by atoms with van der Waals surface area (Å²) in [4.78, 5) is 18.4. The summed E-state index contributed by atoms with van der Waals surface area (Å²) in [5.74, 6) is -0.0504. The lowest BCUT2D eigenvalue weighted by Crippen LogP contribution is -2.30. The molecule has 0 aliphatic rings. The molecule has 3 nitrogen and oxygen atoms in total. The summed E-state index contributed by atoms with van der Waals surface area (Å²) >= 11 is 10.8. The van der Waals surface area contributed by atoms with Gasteiger partial charge in [-0.15, -0.1) is 22.7 Å². The van der Waals surface area contributed by atoms with E-state index in [1.54, 1.807) is 34.0 Å². The molecule has 3 aromatic heterocycles. The van der Waals surface area contributed by atoms with Gasteiger partial charge in [0.15, 0.2) is 0 Å². The fourth-order valence-corrected chi connectivity index (χ4v) is 5.17. The number of nitrogens with one attached hydrogen (secondary N) is 1. The molecule has 0 bridgehead atoms. The number of thiazole rings is 1. The minimum absolute atomic E-state index is 0.0504. The van der Waals surface area contributed by atoms with Crippen LogP contribution in [0.4, 0.5) is 0 Å². The lowest BCUT2D eigenvalue weighted by Gasteiger charge is -2.18. The highest BCUT2D eigenvalue weighted by Crippen LogP contribution is 2.28. The van der Waals surface area contributed by atoms with E-state index in [-0.39, 0.29) is 18.4 Å². The van der Waals surface area contributed by atoms with Crippen molar-refractivity contribution in [2.45, 2.75) is 12.5 Å². The molecule has 0 saturated heterocycles. The van der Waals surface area contributed by atoms with Gasteiger partial charge < -0.3 is 5.32 Å². The number of rotatable bonds is 6. The van der Waals surface area contributed by atoms with Crippen LogP contribution in [-0.4, -0.2) is 10.9 Å². The molecule has 136 valence electrons. The smallest absolute Gasteiger partial charge is 0.226 e. The number of carbonyl (C=O) groups excluding carboxylic acids is 1. The van der Waals surface area contributed by atoms with Crippen molar-refractivity contribution in [3.05, 3.63) is 85.1 Å². The van der Waals surface area contributed by atoms with E-state index in [4.69, 9.17) is 11.6 Å². The number of hydrogen-bond donors (Lipinski definition) is 1. The third kappa shape index (κ3) is 4.47. The second-order valence-corrected chi connectivity index (χ2v) is 8.95. The van der Waals surface area contributed by atoms with Crippen molar-refractivity contribution in [3.63, 3.8) is 0 Å². The summed E-state index contributed by atoms with van der Waals surface area (Å²) in [7, 11) is 0.